The first kappa shape index (κ1) is 26.2. The van der Waals surface area contributed by atoms with Crippen LogP contribution in [0.3, 0.4) is 0 Å². The Labute approximate surface area is 183 Å². The highest BCUT2D eigenvalue weighted by Gasteiger charge is 2.16. The molecule has 0 aliphatic carbocycles. The van der Waals surface area contributed by atoms with E-state index >= 15 is 0 Å². The lowest BCUT2D eigenvalue weighted by Crippen LogP contribution is -2.28. The van der Waals surface area contributed by atoms with E-state index < -0.39 is 0 Å². The fourth-order valence-corrected chi connectivity index (χ4v) is 4.61. The van der Waals surface area contributed by atoms with Crippen molar-refractivity contribution in [2.24, 2.45) is 0 Å². The van der Waals surface area contributed by atoms with Crippen LogP contribution in [0, 0.1) is 0 Å². The van der Waals surface area contributed by atoms with Gasteiger partial charge in [0.1, 0.15) is 0 Å². The van der Waals surface area contributed by atoms with Crippen molar-refractivity contribution >= 4 is 0 Å². The quantitative estimate of drug-likeness (QED) is 0.197. The van der Waals surface area contributed by atoms with E-state index in [0.29, 0.717) is 6.04 Å². The summed E-state index contributed by atoms with van der Waals surface area (Å²) in [5.41, 5.74) is 1.50. The molecule has 0 saturated carbocycles. The first-order valence-electron chi connectivity index (χ1n) is 13.1. The lowest BCUT2D eigenvalue weighted by molar-refractivity contribution is 0.204. The molecule has 0 aliphatic heterocycles. The summed E-state index contributed by atoms with van der Waals surface area (Å²) in [6.45, 7) is 9.19. The molecule has 0 amide bonds. The van der Waals surface area contributed by atoms with Crippen molar-refractivity contribution in [2.75, 3.05) is 13.1 Å². The van der Waals surface area contributed by atoms with Crippen molar-refractivity contribution < 1.29 is 0 Å². The first-order chi connectivity index (χ1) is 14.3. The van der Waals surface area contributed by atoms with E-state index in [0.717, 1.165) is 13.1 Å². The fourth-order valence-electron chi connectivity index (χ4n) is 4.61. The molecule has 168 valence electrons. The van der Waals surface area contributed by atoms with Crippen LogP contribution in [-0.4, -0.2) is 18.0 Å². The Morgan fingerprint density at radius 1 is 0.552 bits per heavy atom. The lowest BCUT2D eigenvalue weighted by atomic mass is 9.98. The molecule has 0 heterocycles. The van der Waals surface area contributed by atoms with Crippen LogP contribution < -0.4 is 0 Å². The van der Waals surface area contributed by atoms with Gasteiger partial charge in [-0.1, -0.05) is 147 Å². The van der Waals surface area contributed by atoms with Crippen LogP contribution in [0.5, 0.6) is 0 Å². The summed E-state index contributed by atoms with van der Waals surface area (Å²) in [5, 5.41) is 0. The summed E-state index contributed by atoms with van der Waals surface area (Å²) < 4.78 is 0. The van der Waals surface area contributed by atoms with Gasteiger partial charge in [0.2, 0.25) is 0 Å². The molecule has 0 fully saturated rings. The Morgan fingerprint density at radius 3 is 1.38 bits per heavy atom. The zero-order valence-electron chi connectivity index (χ0n) is 20.1. The maximum absolute atomic E-state index is 2.62. The molecule has 0 radical (unpaired) electrons. The average molecular weight is 402 g/mol. The van der Waals surface area contributed by atoms with Gasteiger partial charge in [-0.05, 0) is 25.1 Å². The highest BCUT2D eigenvalue weighted by molar-refractivity contribution is 5.19. The predicted octanol–water partition coefficient (Wildman–Crippen LogP) is 9.33. The summed E-state index contributed by atoms with van der Waals surface area (Å²) in [7, 11) is 0. The number of benzene rings is 1. The van der Waals surface area contributed by atoms with Gasteiger partial charge in [0.15, 0.2) is 0 Å². The molecule has 1 aromatic rings. The molecule has 1 atom stereocenters. The molecular formula is C28H51N. The van der Waals surface area contributed by atoms with Crippen LogP contribution in [0.25, 0.3) is 0 Å². The van der Waals surface area contributed by atoms with E-state index in [1.54, 1.807) is 0 Å². The molecule has 0 bridgehead atoms. The van der Waals surface area contributed by atoms with Crippen LogP contribution in [-0.2, 0) is 0 Å². The van der Waals surface area contributed by atoms with E-state index in [2.05, 4.69) is 56.0 Å². The Kier molecular flexibility index (Phi) is 17.3. The van der Waals surface area contributed by atoms with Gasteiger partial charge in [-0.15, -0.1) is 0 Å². The summed E-state index contributed by atoms with van der Waals surface area (Å²) in [4.78, 5) is 2.62. The van der Waals surface area contributed by atoms with Crippen molar-refractivity contribution in [3.8, 4) is 0 Å². The van der Waals surface area contributed by atoms with Crippen LogP contribution >= 0.6 is 0 Å². The minimum absolute atomic E-state index is 0.605. The third-order valence-electron chi connectivity index (χ3n) is 6.52. The molecule has 0 spiro atoms. The second kappa shape index (κ2) is 19.2. The summed E-state index contributed by atoms with van der Waals surface area (Å²) >= 11 is 0. The molecule has 1 aromatic carbocycles. The van der Waals surface area contributed by atoms with Crippen LogP contribution in [0.1, 0.15) is 135 Å². The second-order valence-electron chi connectivity index (χ2n) is 8.89. The van der Waals surface area contributed by atoms with Crippen LogP contribution in [0.4, 0.5) is 0 Å². The highest BCUT2D eigenvalue weighted by Crippen LogP contribution is 2.26. The topological polar surface area (TPSA) is 3.24 Å². The largest absolute Gasteiger partial charge is 0.297 e. The van der Waals surface area contributed by atoms with Gasteiger partial charge >= 0.3 is 0 Å². The lowest BCUT2D eigenvalue weighted by Gasteiger charge is -2.30. The number of hydrogen-bond donors (Lipinski definition) is 0. The maximum atomic E-state index is 2.62. The van der Waals surface area contributed by atoms with Gasteiger partial charge in [0.25, 0.3) is 0 Å². The third-order valence-corrected chi connectivity index (χ3v) is 6.52. The summed E-state index contributed by atoms with van der Waals surface area (Å²) in [6, 6.07) is 11.8. The van der Waals surface area contributed by atoms with Gasteiger partial charge in [-0.2, -0.15) is 0 Å². The van der Waals surface area contributed by atoms with E-state index in [1.165, 1.54) is 108 Å². The molecule has 29 heavy (non-hydrogen) atoms. The fraction of sp³-hybridized carbons (Fsp3) is 0.786. The van der Waals surface area contributed by atoms with Crippen LogP contribution in [0.15, 0.2) is 30.3 Å². The Morgan fingerprint density at radius 2 is 0.966 bits per heavy atom. The smallest absolute Gasteiger partial charge is 0.0347 e. The number of unbranched alkanes of at least 4 members (excludes halogenated alkanes) is 14. The van der Waals surface area contributed by atoms with E-state index in [1.807, 2.05) is 0 Å². The maximum Gasteiger partial charge on any atom is 0.0347 e. The van der Waals surface area contributed by atoms with Crippen molar-refractivity contribution in [3.63, 3.8) is 0 Å². The molecule has 1 nitrogen and oxygen atoms in total. The van der Waals surface area contributed by atoms with Gasteiger partial charge in [0.05, 0.1) is 0 Å². The van der Waals surface area contributed by atoms with Crippen molar-refractivity contribution in [2.45, 2.75) is 130 Å². The van der Waals surface area contributed by atoms with E-state index in [9.17, 15) is 0 Å². The van der Waals surface area contributed by atoms with Crippen molar-refractivity contribution in [1.29, 1.82) is 0 Å². The molecule has 0 aliphatic rings. The van der Waals surface area contributed by atoms with E-state index in [-0.39, 0.29) is 0 Å². The molecule has 1 unspecified atom stereocenters. The zero-order valence-corrected chi connectivity index (χ0v) is 20.1. The number of nitrogens with zero attached hydrogens (tertiary/aromatic N) is 1. The molecular weight excluding hydrogens is 350 g/mol. The van der Waals surface area contributed by atoms with Gasteiger partial charge in [-0.25, -0.2) is 0 Å². The standard InChI is InChI=1S/C28H51N/c1-4-7-8-9-10-11-12-13-14-15-16-17-18-19-23-26-28(29(5-2)6-3)27-24-21-20-22-25-27/h20-22,24-25,28H,4-19,23,26H2,1-3H3. The monoisotopic (exact) mass is 401 g/mol. The minimum atomic E-state index is 0.605. The first-order valence-corrected chi connectivity index (χ1v) is 13.1. The van der Waals surface area contributed by atoms with Gasteiger partial charge in [0, 0.05) is 6.04 Å². The van der Waals surface area contributed by atoms with E-state index in [4.69, 9.17) is 0 Å². The molecule has 1 rings (SSSR count). The van der Waals surface area contributed by atoms with Gasteiger partial charge in [-0.3, -0.25) is 4.90 Å². The molecule has 0 aromatic heterocycles. The molecule has 1 heteroatoms. The Hall–Kier alpha value is -0.820. The third kappa shape index (κ3) is 13.2. The Bertz CT molecular complexity index is 437. The SMILES string of the molecule is CCCCCCCCCCCCCCCCCC(c1ccccc1)N(CC)CC. The predicted molar refractivity (Wildman–Crippen MR) is 132 cm³/mol. The number of rotatable bonds is 20. The van der Waals surface area contributed by atoms with Crippen molar-refractivity contribution in [1.82, 2.24) is 4.90 Å². The minimum Gasteiger partial charge on any atom is -0.297 e. The highest BCUT2D eigenvalue weighted by atomic mass is 15.1. The Balaban J connectivity index is 2.01. The zero-order chi connectivity index (χ0) is 21.0. The summed E-state index contributed by atoms with van der Waals surface area (Å²) in [5.74, 6) is 0. The van der Waals surface area contributed by atoms with Crippen molar-refractivity contribution in [3.05, 3.63) is 35.9 Å². The van der Waals surface area contributed by atoms with Crippen LogP contribution in [0.2, 0.25) is 0 Å². The molecule has 0 N–H and O–H groups in total. The average Bonchev–Trinajstić information content (AvgIpc) is 2.76. The second-order valence-corrected chi connectivity index (χ2v) is 8.89. The normalized spacial score (nSPS) is 12.6. The number of hydrogen-bond acceptors (Lipinski definition) is 1. The molecule has 0 saturated heterocycles. The summed E-state index contributed by atoms with van der Waals surface area (Å²) in [6.07, 6.45) is 22.9. The van der Waals surface area contributed by atoms with Gasteiger partial charge < -0.3 is 0 Å².